The molecule has 1 aromatic heterocycles. The van der Waals surface area contributed by atoms with Gasteiger partial charge in [-0.05, 0) is 54.4 Å². The average Bonchev–Trinajstić information content (AvgIpc) is 3.25. The largest absolute Gasteiger partial charge is 0.497 e. The lowest BCUT2D eigenvalue weighted by atomic mass is 9.90. The molecule has 0 fully saturated rings. The Bertz CT molecular complexity index is 1460. The topological polar surface area (TPSA) is 54.6 Å². The molecule has 0 bridgehead atoms. The number of nitrogens with zero attached hydrogens (tertiary/aromatic N) is 1. The summed E-state index contributed by atoms with van der Waals surface area (Å²) in [6, 6.07) is 13.8. The van der Waals surface area contributed by atoms with Crippen LogP contribution in [0.1, 0.15) is 38.8 Å². The monoisotopic (exact) mass is 498 g/mol. The van der Waals surface area contributed by atoms with E-state index >= 15 is 0 Å². The molecule has 2 heterocycles. The fourth-order valence-electron chi connectivity index (χ4n) is 4.93. The van der Waals surface area contributed by atoms with Crippen LogP contribution in [0.2, 0.25) is 0 Å². The maximum Gasteiger partial charge on any atom is 0.417 e. The van der Waals surface area contributed by atoms with Crippen LogP contribution in [-0.2, 0) is 12.6 Å². The van der Waals surface area contributed by atoms with E-state index in [0.717, 1.165) is 16.5 Å². The van der Waals surface area contributed by atoms with E-state index in [2.05, 4.69) is 4.98 Å². The highest BCUT2D eigenvalue weighted by Crippen LogP contribution is 2.44. The minimum Gasteiger partial charge on any atom is -0.497 e. The SMILES string of the molecule is COc1ccc(OC)c(C2c3[nH]c4ccccc4c3CCN2C(=O)c2cc(F)ccc2C(F)(F)F)c1. The number of H-pyrrole nitrogens is 1. The third kappa shape index (κ3) is 3.94. The first-order chi connectivity index (χ1) is 17.2. The molecule has 1 aliphatic heterocycles. The van der Waals surface area contributed by atoms with Crippen molar-refractivity contribution in [3.63, 3.8) is 0 Å². The summed E-state index contributed by atoms with van der Waals surface area (Å²) >= 11 is 0. The van der Waals surface area contributed by atoms with Gasteiger partial charge in [0, 0.05) is 28.7 Å². The Hall–Kier alpha value is -4.01. The van der Waals surface area contributed by atoms with Crippen LogP contribution < -0.4 is 9.47 Å². The van der Waals surface area contributed by atoms with Crippen LogP contribution in [0, 0.1) is 5.82 Å². The fraction of sp³-hybridized carbons (Fsp3) is 0.222. The molecule has 36 heavy (non-hydrogen) atoms. The summed E-state index contributed by atoms with van der Waals surface area (Å²) in [7, 11) is 2.97. The quantitative estimate of drug-likeness (QED) is 0.345. The number of methoxy groups -OCH3 is 2. The molecular formula is C27H22F4N2O3. The molecule has 1 amide bonds. The molecule has 0 saturated heterocycles. The number of para-hydroxylation sites is 1. The van der Waals surface area contributed by atoms with Crippen molar-refractivity contribution in [3.05, 3.63) is 94.4 Å². The second-order valence-electron chi connectivity index (χ2n) is 8.51. The highest BCUT2D eigenvalue weighted by Gasteiger charge is 2.41. The summed E-state index contributed by atoms with van der Waals surface area (Å²) in [5, 5.41) is 0.966. The van der Waals surface area contributed by atoms with E-state index in [9.17, 15) is 22.4 Å². The van der Waals surface area contributed by atoms with E-state index in [1.807, 2.05) is 24.3 Å². The van der Waals surface area contributed by atoms with Gasteiger partial charge in [-0.3, -0.25) is 4.79 Å². The van der Waals surface area contributed by atoms with Crippen LogP contribution in [0.5, 0.6) is 11.5 Å². The number of carbonyl (C=O) groups is 1. The summed E-state index contributed by atoms with van der Waals surface area (Å²) in [5.74, 6) is -0.935. The highest BCUT2D eigenvalue weighted by atomic mass is 19.4. The van der Waals surface area contributed by atoms with Crippen molar-refractivity contribution < 1.29 is 31.8 Å². The van der Waals surface area contributed by atoms with Crippen LogP contribution in [-0.4, -0.2) is 36.6 Å². The van der Waals surface area contributed by atoms with E-state index in [1.54, 1.807) is 18.2 Å². The molecule has 1 atom stereocenters. The summed E-state index contributed by atoms with van der Waals surface area (Å²) in [6.45, 7) is 0.118. The summed E-state index contributed by atoms with van der Waals surface area (Å²) in [6.07, 6.45) is -4.42. The lowest BCUT2D eigenvalue weighted by Gasteiger charge is -2.37. The Kier molecular flexibility index (Phi) is 5.86. The van der Waals surface area contributed by atoms with Gasteiger partial charge in [0.1, 0.15) is 23.4 Å². The molecule has 4 aromatic rings. The van der Waals surface area contributed by atoms with Gasteiger partial charge in [0.2, 0.25) is 0 Å². The number of amides is 1. The van der Waals surface area contributed by atoms with Crippen molar-refractivity contribution in [3.8, 4) is 11.5 Å². The summed E-state index contributed by atoms with van der Waals surface area (Å²) in [4.78, 5) is 18.4. The number of hydrogen-bond acceptors (Lipinski definition) is 3. The maximum absolute atomic E-state index is 14.1. The van der Waals surface area contributed by atoms with E-state index in [4.69, 9.17) is 9.47 Å². The Morgan fingerprint density at radius 2 is 1.81 bits per heavy atom. The van der Waals surface area contributed by atoms with Crippen LogP contribution in [0.15, 0.2) is 60.7 Å². The van der Waals surface area contributed by atoms with Crippen molar-refractivity contribution in [2.45, 2.75) is 18.6 Å². The molecule has 1 N–H and O–H groups in total. The number of halogens is 4. The Morgan fingerprint density at radius 1 is 1.03 bits per heavy atom. The van der Waals surface area contributed by atoms with Crippen LogP contribution in [0.3, 0.4) is 0 Å². The number of carbonyl (C=O) groups excluding carboxylic acids is 1. The van der Waals surface area contributed by atoms with Crippen LogP contribution in [0.25, 0.3) is 10.9 Å². The zero-order valence-electron chi connectivity index (χ0n) is 19.4. The molecule has 0 radical (unpaired) electrons. The smallest absolute Gasteiger partial charge is 0.417 e. The lowest BCUT2D eigenvalue weighted by molar-refractivity contribution is -0.138. The number of ether oxygens (including phenoxy) is 2. The van der Waals surface area contributed by atoms with Gasteiger partial charge < -0.3 is 19.4 Å². The van der Waals surface area contributed by atoms with Gasteiger partial charge in [0.15, 0.2) is 0 Å². The van der Waals surface area contributed by atoms with Crippen molar-refractivity contribution >= 4 is 16.8 Å². The lowest BCUT2D eigenvalue weighted by Crippen LogP contribution is -2.41. The standard InChI is InChI=1S/C27H22F4N2O3/c1-35-16-8-10-23(36-2)20(14-16)25-24-18(17-5-3-4-6-22(17)32-24)11-12-33(25)26(34)19-13-15(28)7-9-21(19)27(29,30)31/h3-10,13-14,25,32H,11-12H2,1-2H3. The van der Waals surface area contributed by atoms with Crippen molar-refractivity contribution in [2.24, 2.45) is 0 Å². The van der Waals surface area contributed by atoms with E-state index in [0.29, 0.717) is 47.4 Å². The molecule has 3 aromatic carbocycles. The van der Waals surface area contributed by atoms with Gasteiger partial charge in [-0.15, -0.1) is 0 Å². The fourth-order valence-corrected chi connectivity index (χ4v) is 4.93. The minimum atomic E-state index is -4.83. The second-order valence-corrected chi connectivity index (χ2v) is 8.51. The van der Waals surface area contributed by atoms with Crippen LogP contribution in [0.4, 0.5) is 17.6 Å². The highest BCUT2D eigenvalue weighted by molar-refractivity contribution is 5.97. The van der Waals surface area contributed by atoms with E-state index in [-0.39, 0.29) is 6.54 Å². The molecule has 9 heteroatoms. The first kappa shape index (κ1) is 23.7. The van der Waals surface area contributed by atoms with Gasteiger partial charge in [-0.2, -0.15) is 13.2 Å². The Labute approximate surface area is 204 Å². The predicted octanol–water partition coefficient (Wildman–Crippen LogP) is 6.13. The number of hydrogen-bond donors (Lipinski definition) is 1. The Balaban J connectivity index is 1.74. The molecule has 186 valence electrons. The number of rotatable bonds is 4. The minimum absolute atomic E-state index is 0.118. The van der Waals surface area contributed by atoms with Crippen molar-refractivity contribution in [1.82, 2.24) is 9.88 Å². The zero-order valence-corrected chi connectivity index (χ0v) is 19.4. The molecule has 1 aliphatic rings. The molecule has 0 saturated carbocycles. The summed E-state index contributed by atoms with van der Waals surface area (Å²) < 4.78 is 66.4. The maximum atomic E-state index is 14.1. The summed E-state index contributed by atoms with van der Waals surface area (Å²) in [5.41, 5.74) is 1.06. The molecule has 1 unspecified atom stereocenters. The first-order valence-electron chi connectivity index (χ1n) is 11.2. The second kappa shape index (κ2) is 8.89. The first-order valence-corrected chi connectivity index (χ1v) is 11.2. The predicted molar refractivity (Wildman–Crippen MR) is 126 cm³/mol. The normalized spacial score (nSPS) is 15.6. The molecule has 0 spiro atoms. The van der Waals surface area contributed by atoms with Gasteiger partial charge in [0.25, 0.3) is 5.91 Å². The van der Waals surface area contributed by atoms with E-state index in [1.165, 1.54) is 19.1 Å². The molecule has 5 nitrogen and oxygen atoms in total. The number of aromatic nitrogens is 1. The van der Waals surface area contributed by atoms with Crippen molar-refractivity contribution in [2.75, 3.05) is 20.8 Å². The van der Waals surface area contributed by atoms with Crippen molar-refractivity contribution in [1.29, 1.82) is 0 Å². The van der Waals surface area contributed by atoms with E-state index < -0.39 is 35.1 Å². The third-order valence-electron chi connectivity index (χ3n) is 6.54. The van der Waals surface area contributed by atoms with Gasteiger partial charge >= 0.3 is 6.18 Å². The number of fused-ring (bicyclic) bond motifs is 3. The van der Waals surface area contributed by atoms with Gasteiger partial charge in [-0.1, -0.05) is 18.2 Å². The number of nitrogens with one attached hydrogen (secondary N) is 1. The van der Waals surface area contributed by atoms with Gasteiger partial charge in [0.05, 0.1) is 25.3 Å². The molecular weight excluding hydrogens is 476 g/mol. The van der Waals surface area contributed by atoms with Crippen LogP contribution >= 0.6 is 0 Å². The molecule has 5 rings (SSSR count). The number of alkyl halides is 3. The third-order valence-corrected chi connectivity index (χ3v) is 6.54. The van der Waals surface area contributed by atoms with Gasteiger partial charge in [-0.25, -0.2) is 4.39 Å². The zero-order chi connectivity index (χ0) is 25.6. The average molecular weight is 498 g/mol. The molecule has 0 aliphatic carbocycles. The Morgan fingerprint density at radius 3 is 2.53 bits per heavy atom. The number of aromatic amines is 1. The number of benzene rings is 3.